The average Bonchev–Trinajstić information content (AvgIpc) is 3.11. The van der Waals surface area contributed by atoms with Crippen LogP contribution in [0.5, 0.6) is 0 Å². The number of rotatable bonds is 4. The second kappa shape index (κ2) is 7.00. The van der Waals surface area contributed by atoms with Crippen molar-refractivity contribution in [3.63, 3.8) is 0 Å². The number of benzene rings is 2. The normalized spacial score (nSPS) is 10.3. The molecule has 5 nitrogen and oxygen atoms in total. The Morgan fingerprint density at radius 2 is 1.84 bits per heavy atom. The van der Waals surface area contributed by atoms with Gasteiger partial charge < -0.3 is 14.5 Å². The van der Waals surface area contributed by atoms with E-state index in [0.717, 1.165) is 0 Å². The van der Waals surface area contributed by atoms with E-state index in [0.29, 0.717) is 11.3 Å². The first-order chi connectivity index (χ1) is 12.1. The fourth-order valence-electron chi connectivity index (χ4n) is 2.30. The van der Waals surface area contributed by atoms with Crippen LogP contribution < -0.4 is 5.32 Å². The number of furan rings is 1. The molecule has 0 fully saturated rings. The number of carbonyl (C=O) groups is 2. The maximum atomic E-state index is 13.8. The van der Waals surface area contributed by atoms with Gasteiger partial charge in [0.05, 0.1) is 18.2 Å². The second-order valence-corrected chi connectivity index (χ2v) is 5.17. The summed E-state index contributed by atoms with van der Waals surface area (Å²) in [4.78, 5) is 23.8. The molecule has 0 aliphatic rings. The summed E-state index contributed by atoms with van der Waals surface area (Å²) >= 11 is 0. The molecule has 0 saturated heterocycles. The highest BCUT2D eigenvalue weighted by Crippen LogP contribution is 2.25. The number of nitrogens with one attached hydrogen (secondary N) is 1. The van der Waals surface area contributed by atoms with E-state index in [1.807, 2.05) is 0 Å². The Morgan fingerprint density at radius 1 is 1.04 bits per heavy atom. The van der Waals surface area contributed by atoms with E-state index in [2.05, 4.69) is 10.1 Å². The number of hydrogen-bond donors (Lipinski definition) is 1. The predicted molar refractivity (Wildman–Crippen MR) is 89.8 cm³/mol. The van der Waals surface area contributed by atoms with Crippen molar-refractivity contribution in [2.24, 2.45) is 0 Å². The third-order valence-electron chi connectivity index (χ3n) is 3.51. The third kappa shape index (κ3) is 3.58. The van der Waals surface area contributed by atoms with Crippen molar-refractivity contribution in [1.82, 2.24) is 0 Å². The minimum Gasteiger partial charge on any atom is -0.465 e. The summed E-state index contributed by atoms with van der Waals surface area (Å²) in [5, 5.41) is 2.62. The van der Waals surface area contributed by atoms with Crippen LogP contribution in [0.3, 0.4) is 0 Å². The molecule has 0 spiro atoms. The van der Waals surface area contributed by atoms with Gasteiger partial charge in [-0.25, -0.2) is 9.18 Å². The van der Waals surface area contributed by atoms with Crippen molar-refractivity contribution in [3.05, 3.63) is 77.8 Å². The Morgan fingerprint density at radius 3 is 2.60 bits per heavy atom. The summed E-state index contributed by atoms with van der Waals surface area (Å²) in [6, 6.07) is 15.4. The first-order valence-corrected chi connectivity index (χ1v) is 7.43. The largest absolute Gasteiger partial charge is 0.465 e. The van der Waals surface area contributed by atoms with Gasteiger partial charge in [-0.3, -0.25) is 4.79 Å². The Labute approximate surface area is 143 Å². The topological polar surface area (TPSA) is 68.5 Å². The van der Waals surface area contributed by atoms with Crippen LogP contribution in [-0.2, 0) is 4.74 Å². The van der Waals surface area contributed by atoms with E-state index < -0.39 is 17.7 Å². The second-order valence-electron chi connectivity index (χ2n) is 5.17. The Hall–Kier alpha value is -3.41. The number of anilines is 1. The van der Waals surface area contributed by atoms with Gasteiger partial charge in [0.1, 0.15) is 11.6 Å². The molecule has 0 bridgehead atoms. The van der Waals surface area contributed by atoms with Crippen molar-refractivity contribution in [2.45, 2.75) is 0 Å². The minimum atomic E-state index is -0.510. The number of hydrogen-bond acceptors (Lipinski definition) is 4. The molecule has 1 aromatic heterocycles. The molecule has 0 saturated carbocycles. The van der Waals surface area contributed by atoms with E-state index in [4.69, 9.17) is 4.42 Å². The van der Waals surface area contributed by atoms with E-state index in [9.17, 15) is 14.0 Å². The monoisotopic (exact) mass is 339 g/mol. The summed E-state index contributed by atoms with van der Waals surface area (Å²) < 4.78 is 23.9. The van der Waals surface area contributed by atoms with Crippen LogP contribution in [-0.4, -0.2) is 19.0 Å². The van der Waals surface area contributed by atoms with Gasteiger partial charge in [-0.05, 0) is 42.5 Å². The van der Waals surface area contributed by atoms with Crippen LogP contribution in [0.25, 0.3) is 11.3 Å². The summed E-state index contributed by atoms with van der Waals surface area (Å²) in [6.07, 6.45) is 0. The number of carbonyl (C=O) groups excluding carboxylic acids is 2. The molecule has 0 unspecified atom stereocenters. The number of halogens is 1. The molecular weight excluding hydrogens is 325 g/mol. The van der Waals surface area contributed by atoms with Gasteiger partial charge in [0.2, 0.25) is 0 Å². The van der Waals surface area contributed by atoms with Gasteiger partial charge in [-0.1, -0.05) is 18.2 Å². The standard InChI is InChI=1S/C19H14FNO4/c1-24-19(23)12-5-4-6-13(11-12)21-18(22)17-10-9-16(25-17)14-7-2-3-8-15(14)20/h2-11H,1H3,(H,21,22). The molecule has 1 amide bonds. The molecular formula is C19H14FNO4. The molecule has 3 rings (SSSR count). The highest BCUT2D eigenvalue weighted by molar-refractivity contribution is 6.03. The first kappa shape index (κ1) is 16.4. The van der Waals surface area contributed by atoms with Crippen molar-refractivity contribution >= 4 is 17.6 Å². The van der Waals surface area contributed by atoms with Crippen molar-refractivity contribution in [2.75, 3.05) is 12.4 Å². The lowest BCUT2D eigenvalue weighted by Gasteiger charge is -2.05. The van der Waals surface area contributed by atoms with E-state index in [1.165, 1.54) is 31.4 Å². The van der Waals surface area contributed by atoms with Gasteiger partial charge in [0.15, 0.2) is 5.76 Å². The molecule has 25 heavy (non-hydrogen) atoms. The van der Waals surface area contributed by atoms with Crippen LogP contribution in [0.2, 0.25) is 0 Å². The van der Waals surface area contributed by atoms with Crippen LogP contribution in [0, 0.1) is 5.82 Å². The van der Waals surface area contributed by atoms with Gasteiger partial charge in [-0.2, -0.15) is 0 Å². The zero-order valence-electron chi connectivity index (χ0n) is 13.3. The molecule has 1 heterocycles. The highest BCUT2D eigenvalue weighted by Gasteiger charge is 2.15. The van der Waals surface area contributed by atoms with Crippen LogP contribution in [0.15, 0.2) is 65.1 Å². The number of ether oxygens (including phenoxy) is 1. The van der Waals surface area contributed by atoms with E-state index in [1.54, 1.807) is 36.4 Å². The van der Waals surface area contributed by atoms with Crippen LogP contribution in [0.1, 0.15) is 20.9 Å². The number of amides is 1. The zero-order chi connectivity index (χ0) is 17.8. The molecule has 6 heteroatoms. The summed E-state index contributed by atoms with van der Waals surface area (Å²) in [5.41, 5.74) is 0.998. The molecule has 126 valence electrons. The Kier molecular flexibility index (Phi) is 4.61. The Balaban J connectivity index is 1.79. The zero-order valence-corrected chi connectivity index (χ0v) is 13.3. The lowest BCUT2D eigenvalue weighted by atomic mass is 10.1. The van der Waals surface area contributed by atoms with Crippen molar-refractivity contribution in [1.29, 1.82) is 0 Å². The van der Waals surface area contributed by atoms with Crippen LogP contribution >= 0.6 is 0 Å². The summed E-state index contributed by atoms with van der Waals surface area (Å²) in [5.74, 6) is -1.16. The summed E-state index contributed by atoms with van der Waals surface area (Å²) in [7, 11) is 1.28. The third-order valence-corrected chi connectivity index (χ3v) is 3.51. The van der Waals surface area contributed by atoms with Crippen LogP contribution in [0.4, 0.5) is 10.1 Å². The van der Waals surface area contributed by atoms with Gasteiger partial charge >= 0.3 is 5.97 Å². The molecule has 1 N–H and O–H groups in total. The molecule has 0 atom stereocenters. The molecule has 3 aromatic rings. The van der Waals surface area contributed by atoms with Gasteiger partial charge in [-0.15, -0.1) is 0 Å². The fraction of sp³-hybridized carbons (Fsp3) is 0.0526. The molecule has 0 aliphatic carbocycles. The van der Waals surface area contributed by atoms with Crippen molar-refractivity contribution in [3.8, 4) is 11.3 Å². The molecule has 2 aromatic carbocycles. The summed E-state index contributed by atoms with van der Waals surface area (Å²) in [6.45, 7) is 0. The van der Waals surface area contributed by atoms with Gasteiger partial charge in [0, 0.05) is 5.69 Å². The average molecular weight is 339 g/mol. The smallest absolute Gasteiger partial charge is 0.337 e. The van der Waals surface area contributed by atoms with E-state index in [-0.39, 0.29) is 17.1 Å². The lowest BCUT2D eigenvalue weighted by molar-refractivity contribution is 0.0600. The lowest BCUT2D eigenvalue weighted by Crippen LogP contribution is -2.11. The first-order valence-electron chi connectivity index (χ1n) is 7.43. The molecule has 0 radical (unpaired) electrons. The maximum absolute atomic E-state index is 13.8. The minimum absolute atomic E-state index is 0.0294. The van der Waals surface area contributed by atoms with Crippen molar-refractivity contribution < 1.29 is 23.1 Å². The Bertz CT molecular complexity index is 932. The predicted octanol–water partition coefficient (Wildman–Crippen LogP) is 4.12. The highest BCUT2D eigenvalue weighted by atomic mass is 19.1. The van der Waals surface area contributed by atoms with Gasteiger partial charge in [0.25, 0.3) is 5.91 Å². The number of esters is 1. The SMILES string of the molecule is COC(=O)c1cccc(NC(=O)c2ccc(-c3ccccc3F)o2)c1. The maximum Gasteiger partial charge on any atom is 0.337 e. The number of methoxy groups -OCH3 is 1. The van der Waals surface area contributed by atoms with E-state index >= 15 is 0 Å². The molecule has 0 aliphatic heterocycles. The quantitative estimate of drug-likeness (QED) is 0.726. The fourth-order valence-corrected chi connectivity index (χ4v) is 2.30.